The molecule has 1 aromatic rings. The smallest absolute Gasteiger partial charge is 0.230 e. The number of carbonyl (C=O) groups is 1. The predicted molar refractivity (Wildman–Crippen MR) is 77.5 cm³/mol. The molecule has 4 heteroatoms. The second kappa shape index (κ2) is 5.94. The molecule has 0 saturated carbocycles. The van der Waals surface area contributed by atoms with Crippen LogP contribution in [0.2, 0.25) is 0 Å². The van der Waals surface area contributed by atoms with E-state index >= 15 is 0 Å². The molecule has 2 N–H and O–H groups in total. The summed E-state index contributed by atoms with van der Waals surface area (Å²) in [5.41, 5.74) is 8.32. The fourth-order valence-corrected chi connectivity index (χ4v) is 3.35. The molecule has 3 rings (SSSR count). The van der Waals surface area contributed by atoms with Gasteiger partial charge < -0.3 is 15.4 Å². The molecule has 1 heterocycles. The van der Waals surface area contributed by atoms with Gasteiger partial charge in [-0.3, -0.25) is 4.79 Å². The van der Waals surface area contributed by atoms with E-state index < -0.39 is 0 Å². The van der Waals surface area contributed by atoms with Gasteiger partial charge in [0.2, 0.25) is 5.91 Å². The van der Waals surface area contributed by atoms with Crippen LogP contribution in [0.15, 0.2) is 24.3 Å². The number of aryl methyl sites for hydroxylation is 1. The molecule has 2 aliphatic rings. The minimum atomic E-state index is 0.00657. The van der Waals surface area contributed by atoms with Crippen LogP contribution < -0.4 is 5.73 Å². The number of carbonyl (C=O) groups excluding carboxylic acids is 1. The summed E-state index contributed by atoms with van der Waals surface area (Å²) < 4.78 is 5.44. The van der Waals surface area contributed by atoms with Gasteiger partial charge in [-0.15, -0.1) is 0 Å². The van der Waals surface area contributed by atoms with Crippen molar-refractivity contribution in [2.75, 3.05) is 26.3 Å². The second-order valence-electron chi connectivity index (χ2n) is 5.64. The minimum Gasteiger partial charge on any atom is -0.377 e. The highest BCUT2D eigenvalue weighted by Gasteiger charge is 2.34. The molecule has 0 spiro atoms. The van der Waals surface area contributed by atoms with Crippen molar-refractivity contribution in [1.29, 1.82) is 0 Å². The van der Waals surface area contributed by atoms with E-state index in [9.17, 15) is 4.79 Å². The maximum atomic E-state index is 12.9. The van der Waals surface area contributed by atoms with E-state index in [2.05, 4.69) is 18.2 Å². The van der Waals surface area contributed by atoms with Gasteiger partial charge in [0, 0.05) is 13.1 Å². The standard InChI is InChI=1S/C16H22N2O2/c17-10-13-11-20-9-8-18(13)16(19)15-7-3-5-12-4-1-2-6-14(12)15/h1-2,4,6,13,15H,3,5,7-11,17H2. The SMILES string of the molecule is NCC1COCCN1C(=O)C1CCCc2ccccc21. The first-order chi connectivity index (χ1) is 9.81. The Labute approximate surface area is 119 Å². The zero-order valence-electron chi connectivity index (χ0n) is 11.8. The molecule has 1 aromatic carbocycles. The van der Waals surface area contributed by atoms with Gasteiger partial charge in [-0.25, -0.2) is 0 Å². The molecular formula is C16H22N2O2. The highest BCUT2D eigenvalue weighted by Crippen LogP contribution is 2.33. The topological polar surface area (TPSA) is 55.6 Å². The van der Waals surface area contributed by atoms with Crippen molar-refractivity contribution in [1.82, 2.24) is 4.90 Å². The third-order valence-corrected chi connectivity index (χ3v) is 4.45. The number of benzene rings is 1. The maximum Gasteiger partial charge on any atom is 0.230 e. The van der Waals surface area contributed by atoms with E-state index in [1.807, 2.05) is 11.0 Å². The molecule has 1 fully saturated rings. The van der Waals surface area contributed by atoms with Crippen LogP contribution in [0.3, 0.4) is 0 Å². The van der Waals surface area contributed by atoms with Crippen molar-refractivity contribution in [2.24, 2.45) is 5.73 Å². The monoisotopic (exact) mass is 274 g/mol. The van der Waals surface area contributed by atoms with Crippen LogP contribution in [-0.4, -0.2) is 43.2 Å². The van der Waals surface area contributed by atoms with Crippen LogP contribution in [0.1, 0.15) is 29.9 Å². The Bertz CT molecular complexity index is 489. The molecule has 0 radical (unpaired) electrons. The Kier molecular flexibility index (Phi) is 4.03. The zero-order valence-corrected chi connectivity index (χ0v) is 11.8. The van der Waals surface area contributed by atoms with E-state index in [1.54, 1.807) is 0 Å². The van der Waals surface area contributed by atoms with Crippen LogP contribution in [0.4, 0.5) is 0 Å². The molecule has 4 nitrogen and oxygen atoms in total. The lowest BCUT2D eigenvalue weighted by atomic mass is 9.82. The molecule has 1 aliphatic heterocycles. The maximum absolute atomic E-state index is 12.9. The molecular weight excluding hydrogens is 252 g/mol. The largest absolute Gasteiger partial charge is 0.377 e. The van der Waals surface area contributed by atoms with Gasteiger partial charge in [-0.2, -0.15) is 0 Å². The van der Waals surface area contributed by atoms with Crippen LogP contribution in [0.5, 0.6) is 0 Å². The molecule has 1 aliphatic carbocycles. The lowest BCUT2D eigenvalue weighted by Crippen LogP contribution is -2.53. The van der Waals surface area contributed by atoms with Crippen molar-refractivity contribution >= 4 is 5.91 Å². The Morgan fingerprint density at radius 3 is 3.10 bits per heavy atom. The number of morpholine rings is 1. The Morgan fingerprint density at radius 2 is 2.25 bits per heavy atom. The number of hydrogen-bond donors (Lipinski definition) is 1. The normalized spacial score (nSPS) is 26.1. The first-order valence-corrected chi connectivity index (χ1v) is 7.47. The molecule has 108 valence electrons. The van der Waals surface area contributed by atoms with Gasteiger partial charge in [-0.05, 0) is 30.4 Å². The van der Waals surface area contributed by atoms with E-state index in [0.29, 0.717) is 26.3 Å². The molecule has 1 amide bonds. The van der Waals surface area contributed by atoms with Gasteiger partial charge in [-0.1, -0.05) is 24.3 Å². The summed E-state index contributed by atoms with van der Waals surface area (Å²) >= 11 is 0. The Balaban J connectivity index is 1.84. The van der Waals surface area contributed by atoms with E-state index in [4.69, 9.17) is 10.5 Å². The van der Waals surface area contributed by atoms with E-state index in [1.165, 1.54) is 11.1 Å². The van der Waals surface area contributed by atoms with Gasteiger partial charge in [0.1, 0.15) is 0 Å². The molecule has 1 saturated heterocycles. The summed E-state index contributed by atoms with van der Waals surface area (Å²) in [4.78, 5) is 14.8. The molecule has 0 bridgehead atoms. The fourth-order valence-electron chi connectivity index (χ4n) is 3.35. The molecule has 20 heavy (non-hydrogen) atoms. The number of amides is 1. The average molecular weight is 274 g/mol. The quantitative estimate of drug-likeness (QED) is 0.884. The van der Waals surface area contributed by atoms with Gasteiger partial charge in [0.15, 0.2) is 0 Å². The third-order valence-electron chi connectivity index (χ3n) is 4.45. The zero-order chi connectivity index (χ0) is 13.9. The summed E-state index contributed by atoms with van der Waals surface area (Å²) in [6.07, 6.45) is 3.12. The first-order valence-electron chi connectivity index (χ1n) is 7.47. The number of ether oxygens (including phenoxy) is 1. The summed E-state index contributed by atoms with van der Waals surface area (Å²) in [6, 6.07) is 8.38. The van der Waals surface area contributed by atoms with Crippen LogP contribution >= 0.6 is 0 Å². The van der Waals surface area contributed by atoms with Crippen molar-refractivity contribution in [2.45, 2.75) is 31.2 Å². The van der Waals surface area contributed by atoms with Crippen molar-refractivity contribution < 1.29 is 9.53 Å². The number of hydrogen-bond acceptors (Lipinski definition) is 3. The summed E-state index contributed by atoms with van der Waals surface area (Å²) in [5, 5.41) is 0. The van der Waals surface area contributed by atoms with Gasteiger partial charge >= 0.3 is 0 Å². The van der Waals surface area contributed by atoms with E-state index in [0.717, 1.165) is 19.3 Å². The lowest BCUT2D eigenvalue weighted by molar-refractivity contribution is -0.141. The van der Waals surface area contributed by atoms with Crippen molar-refractivity contribution in [3.63, 3.8) is 0 Å². The lowest BCUT2D eigenvalue weighted by Gasteiger charge is -2.38. The van der Waals surface area contributed by atoms with Crippen molar-refractivity contribution in [3.8, 4) is 0 Å². The van der Waals surface area contributed by atoms with Crippen LogP contribution in [0.25, 0.3) is 0 Å². The number of rotatable bonds is 2. The van der Waals surface area contributed by atoms with Gasteiger partial charge in [0.25, 0.3) is 0 Å². The fraction of sp³-hybridized carbons (Fsp3) is 0.562. The van der Waals surface area contributed by atoms with Crippen LogP contribution in [0, 0.1) is 0 Å². The Hall–Kier alpha value is -1.39. The molecule has 0 aromatic heterocycles. The molecule has 2 unspecified atom stereocenters. The first kappa shape index (κ1) is 13.6. The summed E-state index contributed by atoms with van der Waals surface area (Å²) in [7, 11) is 0. The van der Waals surface area contributed by atoms with Crippen LogP contribution in [-0.2, 0) is 16.0 Å². The summed E-state index contributed by atoms with van der Waals surface area (Å²) in [6.45, 7) is 2.33. The van der Waals surface area contributed by atoms with E-state index in [-0.39, 0.29) is 17.9 Å². The predicted octanol–water partition coefficient (Wildman–Crippen LogP) is 1.29. The van der Waals surface area contributed by atoms with Crippen molar-refractivity contribution in [3.05, 3.63) is 35.4 Å². The van der Waals surface area contributed by atoms with Gasteiger partial charge in [0.05, 0.1) is 25.2 Å². The second-order valence-corrected chi connectivity index (χ2v) is 5.64. The minimum absolute atomic E-state index is 0.00657. The average Bonchev–Trinajstić information content (AvgIpc) is 2.53. The summed E-state index contributed by atoms with van der Waals surface area (Å²) in [5.74, 6) is 0.239. The number of nitrogens with two attached hydrogens (primary N) is 1. The highest BCUT2D eigenvalue weighted by atomic mass is 16.5. The Morgan fingerprint density at radius 1 is 1.40 bits per heavy atom. The molecule has 2 atom stereocenters. The number of nitrogens with zero attached hydrogens (tertiary/aromatic N) is 1. The third kappa shape index (κ3) is 2.45. The highest BCUT2D eigenvalue weighted by molar-refractivity contribution is 5.85. The number of fused-ring (bicyclic) bond motifs is 1.